The molecule has 1 aliphatic rings. The molecule has 2 N–H and O–H groups in total. The summed E-state index contributed by atoms with van der Waals surface area (Å²) in [6.45, 7) is 1.14. The van der Waals surface area contributed by atoms with Crippen molar-refractivity contribution in [3.8, 4) is 11.8 Å². The summed E-state index contributed by atoms with van der Waals surface area (Å²) in [6, 6.07) is 1.67. The topological polar surface area (TPSA) is 73.7 Å². The number of carbonyl (C=O) groups excluding carboxylic acids is 1. The molecule has 1 amide bonds. The van der Waals surface area contributed by atoms with E-state index in [1.54, 1.807) is 17.2 Å². The van der Waals surface area contributed by atoms with Crippen LogP contribution in [0.2, 0.25) is 0 Å². The zero-order valence-electron chi connectivity index (χ0n) is 10.5. The number of likely N-dealkylation sites (tertiary alicyclic amines) is 1. The summed E-state index contributed by atoms with van der Waals surface area (Å²) < 4.78 is 0. The van der Waals surface area contributed by atoms with Crippen LogP contribution in [-0.4, -0.2) is 52.3 Å². The standard InChI is InChI=1S/C14H16N2O3/c17-5-1-2-11-6-13(8-15-7-11)14(19)16-4-3-12(9-16)10-18/h6-8,12,17-18H,3-5,9-10H2. The highest BCUT2D eigenvalue weighted by molar-refractivity contribution is 5.94. The molecule has 1 aromatic rings. The first-order valence-corrected chi connectivity index (χ1v) is 6.19. The van der Waals surface area contributed by atoms with Crippen molar-refractivity contribution in [2.45, 2.75) is 6.42 Å². The quantitative estimate of drug-likeness (QED) is 0.727. The molecule has 0 aromatic carbocycles. The van der Waals surface area contributed by atoms with Gasteiger partial charge in [0.2, 0.25) is 0 Å². The Morgan fingerprint density at radius 1 is 1.47 bits per heavy atom. The van der Waals surface area contributed by atoms with E-state index in [2.05, 4.69) is 16.8 Å². The zero-order valence-corrected chi connectivity index (χ0v) is 10.5. The summed E-state index contributed by atoms with van der Waals surface area (Å²) in [5.41, 5.74) is 1.10. The van der Waals surface area contributed by atoms with Gasteiger partial charge in [0.1, 0.15) is 6.61 Å². The van der Waals surface area contributed by atoms with Crippen molar-refractivity contribution >= 4 is 5.91 Å². The van der Waals surface area contributed by atoms with Crippen LogP contribution in [0.3, 0.4) is 0 Å². The molecule has 5 nitrogen and oxygen atoms in total. The Hall–Kier alpha value is -1.90. The summed E-state index contributed by atoms with van der Waals surface area (Å²) in [7, 11) is 0. The second-order valence-corrected chi connectivity index (χ2v) is 4.51. The highest BCUT2D eigenvalue weighted by Gasteiger charge is 2.26. The molecule has 1 atom stereocenters. The second-order valence-electron chi connectivity index (χ2n) is 4.51. The summed E-state index contributed by atoms with van der Waals surface area (Å²) in [5.74, 6) is 5.34. The first-order valence-electron chi connectivity index (χ1n) is 6.19. The van der Waals surface area contributed by atoms with E-state index in [4.69, 9.17) is 10.2 Å². The fourth-order valence-electron chi connectivity index (χ4n) is 2.12. The number of aromatic nitrogens is 1. The summed E-state index contributed by atoms with van der Waals surface area (Å²) in [5, 5.41) is 17.7. The number of carbonyl (C=O) groups is 1. The maximum atomic E-state index is 12.2. The Morgan fingerprint density at radius 3 is 3.00 bits per heavy atom. The number of aliphatic hydroxyl groups is 2. The van der Waals surface area contributed by atoms with Gasteiger partial charge in [-0.05, 0) is 12.5 Å². The van der Waals surface area contributed by atoms with E-state index in [1.807, 2.05) is 0 Å². The second kappa shape index (κ2) is 6.32. The van der Waals surface area contributed by atoms with Crippen LogP contribution in [0.1, 0.15) is 22.3 Å². The van der Waals surface area contributed by atoms with Crippen LogP contribution >= 0.6 is 0 Å². The maximum absolute atomic E-state index is 12.2. The Balaban J connectivity index is 2.11. The third-order valence-electron chi connectivity index (χ3n) is 3.13. The normalized spacial score (nSPS) is 18.0. The van der Waals surface area contributed by atoms with Gasteiger partial charge >= 0.3 is 0 Å². The predicted molar refractivity (Wildman–Crippen MR) is 69.3 cm³/mol. The molecular weight excluding hydrogens is 244 g/mol. The number of nitrogens with zero attached hydrogens (tertiary/aromatic N) is 2. The molecule has 19 heavy (non-hydrogen) atoms. The van der Waals surface area contributed by atoms with Crippen LogP contribution in [0, 0.1) is 17.8 Å². The van der Waals surface area contributed by atoms with E-state index in [0.717, 1.165) is 6.42 Å². The third kappa shape index (κ3) is 3.31. The van der Waals surface area contributed by atoms with Gasteiger partial charge in [0.15, 0.2) is 0 Å². The lowest BCUT2D eigenvalue weighted by molar-refractivity contribution is 0.0781. The van der Waals surface area contributed by atoms with Gasteiger partial charge in [0, 0.05) is 43.6 Å². The van der Waals surface area contributed by atoms with E-state index < -0.39 is 0 Å². The fourth-order valence-corrected chi connectivity index (χ4v) is 2.12. The minimum Gasteiger partial charge on any atom is -0.396 e. The number of hydrogen-bond acceptors (Lipinski definition) is 4. The molecule has 2 heterocycles. The smallest absolute Gasteiger partial charge is 0.255 e. The fraction of sp³-hybridized carbons (Fsp3) is 0.429. The summed E-state index contributed by atoms with van der Waals surface area (Å²) in [6.07, 6.45) is 3.90. The lowest BCUT2D eigenvalue weighted by Crippen LogP contribution is -2.29. The van der Waals surface area contributed by atoms with Crippen molar-refractivity contribution in [3.63, 3.8) is 0 Å². The first-order chi connectivity index (χ1) is 9.24. The maximum Gasteiger partial charge on any atom is 0.255 e. The van der Waals surface area contributed by atoms with Crippen LogP contribution < -0.4 is 0 Å². The number of amides is 1. The summed E-state index contributed by atoms with van der Waals surface area (Å²) in [4.78, 5) is 18.0. The van der Waals surface area contributed by atoms with Gasteiger partial charge in [-0.25, -0.2) is 0 Å². The van der Waals surface area contributed by atoms with E-state index in [1.165, 1.54) is 6.20 Å². The third-order valence-corrected chi connectivity index (χ3v) is 3.13. The Bertz CT molecular complexity index is 519. The molecule has 1 aliphatic heterocycles. The van der Waals surface area contributed by atoms with E-state index >= 15 is 0 Å². The molecular formula is C14H16N2O3. The van der Waals surface area contributed by atoms with Gasteiger partial charge in [-0.3, -0.25) is 9.78 Å². The molecule has 0 radical (unpaired) electrons. The molecule has 1 unspecified atom stereocenters. The van der Waals surface area contributed by atoms with Crippen molar-refractivity contribution in [3.05, 3.63) is 29.6 Å². The SMILES string of the molecule is O=C(c1cncc(C#CCO)c1)N1CCC(CO)C1. The van der Waals surface area contributed by atoms with Crippen LogP contribution in [-0.2, 0) is 0 Å². The molecule has 0 bridgehead atoms. The van der Waals surface area contributed by atoms with Crippen molar-refractivity contribution < 1.29 is 15.0 Å². The Kier molecular flexibility index (Phi) is 4.50. The van der Waals surface area contributed by atoms with Crippen LogP contribution in [0.15, 0.2) is 18.5 Å². The first kappa shape index (κ1) is 13.5. The average Bonchev–Trinajstić information content (AvgIpc) is 2.93. The highest BCUT2D eigenvalue weighted by Crippen LogP contribution is 2.18. The number of rotatable bonds is 2. The van der Waals surface area contributed by atoms with Crippen molar-refractivity contribution in [1.29, 1.82) is 0 Å². The van der Waals surface area contributed by atoms with Gasteiger partial charge < -0.3 is 15.1 Å². The molecule has 2 rings (SSSR count). The predicted octanol–water partition coefficient (Wildman–Crippen LogP) is -0.120. The minimum atomic E-state index is -0.220. The molecule has 0 saturated carbocycles. The number of aliphatic hydroxyl groups excluding tert-OH is 2. The summed E-state index contributed by atoms with van der Waals surface area (Å²) >= 11 is 0. The van der Waals surface area contributed by atoms with Gasteiger partial charge in [-0.2, -0.15) is 0 Å². The molecule has 0 spiro atoms. The zero-order chi connectivity index (χ0) is 13.7. The monoisotopic (exact) mass is 260 g/mol. The molecule has 100 valence electrons. The van der Waals surface area contributed by atoms with Crippen molar-refractivity contribution in [2.24, 2.45) is 5.92 Å². The lowest BCUT2D eigenvalue weighted by Gasteiger charge is -2.15. The molecule has 1 aromatic heterocycles. The van der Waals surface area contributed by atoms with Gasteiger partial charge in [0.25, 0.3) is 5.91 Å². The molecule has 5 heteroatoms. The minimum absolute atomic E-state index is 0.0869. The van der Waals surface area contributed by atoms with E-state index in [0.29, 0.717) is 24.2 Å². The van der Waals surface area contributed by atoms with Gasteiger partial charge in [0.05, 0.1) is 5.56 Å². The molecule has 1 fully saturated rings. The highest BCUT2D eigenvalue weighted by atomic mass is 16.3. The molecule has 1 saturated heterocycles. The van der Waals surface area contributed by atoms with Gasteiger partial charge in [-0.15, -0.1) is 0 Å². The lowest BCUT2D eigenvalue weighted by atomic mass is 10.1. The molecule has 0 aliphatic carbocycles. The largest absolute Gasteiger partial charge is 0.396 e. The Morgan fingerprint density at radius 2 is 2.32 bits per heavy atom. The Labute approximate surface area is 111 Å². The van der Waals surface area contributed by atoms with Gasteiger partial charge in [-0.1, -0.05) is 11.8 Å². The van der Waals surface area contributed by atoms with Crippen LogP contribution in [0.25, 0.3) is 0 Å². The van der Waals surface area contributed by atoms with E-state index in [-0.39, 0.29) is 25.0 Å². The number of pyridine rings is 1. The number of hydrogen-bond donors (Lipinski definition) is 2. The van der Waals surface area contributed by atoms with Crippen molar-refractivity contribution in [1.82, 2.24) is 9.88 Å². The average molecular weight is 260 g/mol. The van der Waals surface area contributed by atoms with Crippen LogP contribution in [0.5, 0.6) is 0 Å². The van der Waals surface area contributed by atoms with Crippen LogP contribution in [0.4, 0.5) is 0 Å². The van der Waals surface area contributed by atoms with Crippen molar-refractivity contribution in [2.75, 3.05) is 26.3 Å². The van der Waals surface area contributed by atoms with E-state index in [9.17, 15) is 4.79 Å².